The second-order valence-corrected chi connectivity index (χ2v) is 6.44. The van der Waals surface area contributed by atoms with E-state index in [1.54, 1.807) is 18.2 Å². The van der Waals surface area contributed by atoms with Crippen LogP contribution in [0.5, 0.6) is 0 Å². The van der Waals surface area contributed by atoms with Crippen LogP contribution in [-0.4, -0.2) is 43.6 Å². The summed E-state index contributed by atoms with van der Waals surface area (Å²) in [5.41, 5.74) is 0.432. The molecule has 19 heavy (non-hydrogen) atoms. The third kappa shape index (κ3) is 2.97. The van der Waals surface area contributed by atoms with Gasteiger partial charge in [0.25, 0.3) is 0 Å². The maximum atomic E-state index is 12.6. The summed E-state index contributed by atoms with van der Waals surface area (Å²) in [4.78, 5) is 0.189. The first kappa shape index (κ1) is 14.5. The summed E-state index contributed by atoms with van der Waals surface area (Å²) in [6.45, 7) is 2.84. The van der Waals surface area contributed by atoms with E-state index in [0.29, 0.717) is 25.3 Å². The average Bonchev–Trinajstić information content (AvgIpc) is 2.47. The average molecular weight is 285 g/mol. The number of hydrogen-bond donors (Lipinski definition) is 1. The molecular weight excluding hydrogens is 266 g/mol. The third-order valence-corrected chi connectivity index (χ3v) is 5.28. The van der Waals surface area contributed by atoms with Gasteiger partial charge in [-0.3, -0.25) is 0 Å². The number of benzene rings is 1. The molecule has 2 rings (SSSR count). The lowest BCUT2D eigenvalue weighted by molar-refractivity contribution is -0.00280. The molecule has 1 aliphatic heterocycles. The van der Waals surface area contributed by atoms with E-state index in [1.165, 1.54) is 10.4 Å². The van der Waals surface area contributed by atoms with Crippen molar-refractivity contribution in [2.75, 3.05) is 19.7 Å². The number of rotatable bonds is 4. The van der Waals surface area contributed by atoms with Gasteiger partial charge in [0.1, 0.15) is 0 Å². The normalized spacial score (nSPS) is 21.5. The first-order valence-electron chi connectivity index (χ1n) is 6.40. The van der Waals surface area contributed by atoms with Crippen molar-refractivity contribution in [3.05, 3.63) is 29.8 Å². The Morgan fingerprint density at radius 1 is 1.42 bits per heavy atom. The molecule has 0 radical (unpaired) electrons. The fourth-order valence-corrected chi connectivity index (χ4v) is 3.85. The van der Waals surface area contributed by atoms with Crippen LogP contribution >= 0.6 is 0 Å². The summed E-state index contributed by atoms with van der Waals surface area (Å²) in [7, 11) is -3.55. The van der Waals surface area contributed by atoms with Gasteiger partial charge in [0.05, 0.1) is 24.2 Å². The minimum atomic E-state index is -3.55. The number of ether oxygens (including phenoxy) is 1. The Bertz CT molecular complexity index is 529. The summed E-state index contributed by atoms with van der Waals surface area (Å²) >= 11 is 0. The topological polar surface area (TPSA) is 66.8 Å². The first-order chi connectivity index (χ1) is 9.09. The minimum absolute atomic E-state index is 0.0511. The molecule has 1 aromatic carbocycles. The zero-order chi connectivity index (χ0) is 13.9. The van der Waals surface area contributed by atoms with Crippen molar-refractivity contribution in [1.82, 2.24) is 4.31 Å². The van der Waals surface area contributed by atoms with Crippen LogP contribution in [0, 0.1) is 0 Å². The molecule has 1 aliphatic rings. The zero-order valence-corrected chi connectivity index (χ0v) is 11.8. The van der Waals surface area contributed by atoms with Crippen LogP contribution in [0.15, 0.2) is 29.2 Å². The lowest BCUT2D eigenvalue weighted by Crippen LogP contribution is -2.45. The van der Waals surface area contributed by atoms with Crippen LogP contribution in [0.1, 0.15) is 18.9 Å². The number of morpholine rings is 1. The van der Waals surface area contributed by atoms with Crippen LogP contribution in [0.25, 0.3) is 0 Å². The Labute approximate surface area is 113 Å². The molecule has 1 fully saturated rings. The van der Waals surface area contributed by atoms with Crippen molar-refractivity contribution in [2.45, 2.75) is 31.0 Å². The Morgan fingerprint density at radius 3 is 2.84 bits per heavy atom. The van der Waals surface area contributed by atoms with Gasteiger partial charge in [0, 0.05) is 13.1 Å². The number of sulfonamides is 1. The van der Waals surface area contributed by atoms with Gasteiger partial charge in [-0.05, 0) is 18.1 Å². The van der Waals surface area contributed by atoms with E-state index in [2.05, 4.69) is 0 Å². The van der Waals surface area contributed by atoms with E-state index in [4.69, 9.17) is 4.74 Å². The van der Waals surface area contributed by atoms with Gasteiger partial charge in [-0.1, -0.05) is 25.1 Å². The van der Waals surface area contributed by atoms with Crippen LogP contribution in [0.4, 0.5) is 0 Å². The molecule has 0 aliphatic carbocycles. The molecule has 106 valence electrons. The maximum Gasteiger partial charge on any atom is 0.243 e. The highest BCUT2D eigenvalue weighted by molar-refractivity contribution is 7.89. The summed E-state index contributed by atoms with van der Waals surface area (Å²) < 4.78 is 32.1. The van der Waals surface area contributed by atoms with E-state index in [1.807, 2.05) is 6.92 Å². The molecule has 0 bridgehead atoms. The van der Waals surface area contributed by atoms with Gasteiger partial charge in [-0.2, -0.15) is 4.31 Å². The molecule has 1 heterocycles. The standard InChI is InChI=1S/C13H19NO4S/c1-2-12-9-14(7-8-18-12)19(16,17)13-6-4-3-5-11(13)10-15/h3-6,12,15H,2,7-10H2,1H3. The molecule has 0 amide bonds. The molecule has 1 N–H and O–H groups in total. The lowest BCUT2D eigenvalue weighted by atomic mass is 10.2. The fourth-order valence-electron chi connectivity index (χ4n) is 2.18. The van der Waals surface area contributed by atoms with E-state index in [-0.39, 0.29) is 17.6 Å². The molecule has 1 aromatic rings. The lowest BCUT2D eigenvalue weighted by Gasteiger charge is -2.32. The van der Waals surface area contributed by atoms with E-state index < -0.39 is 10.0 Å². The van der Waals surface area contributed by atoms with Gasteiger partial charge in [0.2, 0.25) is 10.0 Å². The molecule has 5 nitrogen and oxygen atoms in total. The van der Waals surface area contributed by atoms with Gasteiger partial charge in [-0.15, -0.1) is 0 Å². The first-order valence-corrected chi connectivity index (χ1v) is 7.84. The second kappa shape index (κ2) is 6.00. The summed E-state index contributed by atoms with van der Waals surface area (Å²) in [6, 6.07) is 6.56. The van der Waals surface area contributed by atoms with Crippen LogP contribution in [0.2, 0.25) is 0 Å². The van der Waals surface area contributed by atoms with Gasteiger partial charge >= 0.3 is 0 Å². The van der Waals surface area contributed by atoms with Crippen molar-refractivity contribution < 1.29 is 18.3 Å². The molecule has 0 aromatic heterocycles. The summed E-state index contributed by atoms with van der Waals surface area (Å²) in [5.74, 6) is 0. The quantitative estimate of drug-likeness (QED) is 0.895. The SMILES string of the molecule is CCC1CN(S(=O)(=O)c2ccccc2CO)CCO1. The van der Waals surface area contributed by atoms with Crippen LogP contribution in [-0.2, 0) is 21.4 Å². The number of hydrogen-bond acceptors (Lipinski definition) is 4. The molecule has 1 unspecified atom stereocenters. The molecule has 0 saturated carbocycles. The van der Waals surface area contributed by atoms with Crippen molar-refractivity contribution in [3.63, 3.8) is 0 Å². The van der Waals surface area contributed by atoms with E-state index >= 15 is 0 Å². The summed E-state index contributed by atoms with van der Waals surface area (Å²) in [6.07, 6.45) is 0.734. The molecule has 1 saturated heterocycles. The number of nitrogens with zero attached hydrogens (tertiary/aromatic N) is 1. The summed E-state index contributed by atoms with van der Waals surface area (Å²) in [5, 5.41) is 9.27. The fraction of sp³-hybridized carbons (Fsp3) is 0.538. The minimum Gasteiger partial charge on any atom is -0.392 e. The molecule has 0 spiro atoms. The van der Waals surface area contributed by atoms with Crippen LogP contribution < -0.4 is 0 Å². The smallest absolute Gasteiger partial charge is 0.243 e. The highest BCUT2D eigenvalue weighted by Crippen LogP contribution is 2.22. The highest BCUT2D eigenvalue weighted by atomic mass is 32.2. The third-order valence-electron chi connectivity index (χ3n) is 3.32. The highest BCUT2D eigenvalue weighted by Gasteiger charge is 2.31. The monoisotopic (exact) mass is 285 g/mol. The van der Waals surface area contributed by atoms with Gasteiger partial charge in [-0.25, -0.2) is 8.42 Å². The predicted molar refractivity (Wildman–Crippen MR) is 71.2 cm³/mol. The van der Waals surface area contributed by atoms with Crippen molar-refractivity contribution in [2.24, 2.45) is 0 Å². The largest absolute Gasteiger partial charge is 0.392 e. The number of aliphatic hydroxyl groups excluding tert-OH is 1. The second-order valence-electron chi connectivity index (χ2n) is 4.53. The van der Waals surface area contributed by atoms with E-state index in [9.17, 15) is 13.5 Å². The van der Waals surface area contributed by atoms with Crippen molar-refractivity contribution >= 4 is 10.0 Å². The van der Waals surface area contributed by atoms with Crippen LogP contribution in [0.3, 0.4) is 0 Å². The van der Waals surface area contributed by atoms with E-state index in [0.717, 1.165) is 6.42 Å². The molecule has 1 atom stereocenters. The van der Waals surface area contributed by atoms with Gasteiger partial charge in [0.15, 0.2) is 0 Å². The van der Waals surface area contributed by atoms with Crippen molar-refractivity contribution in [3.8, 4) is 0 Å². The number of aliphatic hydroxyl groups is 1. The van der Waals surface area contributed by atoms with Gasteiger partial charge < -0.3 is 9.84 Å². The Kier molecular flexibility index (Phi) is 4.57. The molecular formula is C13H19NO4S. The Morgan fingerprint density at radius 2 is 2.16 bits per heavy atom. The molecule has 6 heteroatoms. The predicted octanol–water partition coefficient (Wildman–Crippen LogP) is 0.978. The Balaban J connectivity index is 2.31. The van der Waals surface area contributed by atoms with Crippen molar-refractivity contribution in [1.29, 1.82) is 0 Å². The maximum absolute atomic E-state index is 12.6. The Hall–Kier alpha value is -0.950. The zero-order valence-electron chi connectivity index (χ0n) is 10.9.